The van der Waals surface area contributed by atoms with Crippen LogP contribution in [0.3, 0.4) is 0 Å². The molecule has 1 fully saturated rings. The van der Waals surface area contributed by atoms with E-state index in [1.807, 2.05) is 24.3 Å². The van der Waals surface area contributed by atoms with Crippen molar-refractivity contribution in [2.24, 2.45) is 0 Å². The molecule has 108 valence electrons. The quantitative estimate of drug-likeness (QED) is 0.864. The maximum atomic E-state index is 11.6. The fourth-order valence-electron chi connectivity index (χ4n) is 2.08. The molecule has 0 saturated carbocycles. The second kappa shape index (κ2) is 9.15. The average Bonchev–Trinajstić information content (AvgIpc) is 2.40. The summed E-state index contributed by atoms with van der Waals surface area (Å²) in [5, 5.41) is 3.32. The molecule has 4 nitrogen and oxygen atoms in total. The van der Waals surface area contributed by atoms with Crippen molar-refractivity contribution in [2.75, 3.05) is 33.3 Å². The van der Waals surface area contributed by atoms with E-state index >= 15 is 0 Å². The summed E-state index contributed by atoms with van der Waals surface area (Å²) in [6.45, 7) is 4.89. The van der Waals surface area contributed by atoms with Crippen LogP contribution in [0.4, 0.5) is 0 Å². The number of ether oxygens (including phenoxy) is 1. The van der Waals surface area contributed by atoms with Gasteiger partial charge < -0.3 is 10.1 Å². The maximum absolute atomic E-state index is 11.6. The van der Waals surface area contributed by atoms with Crippen molar-refractivity contribution in [3.63, 3.8) is 0 Å². The van der Waals surface area contributed by atoms with Crippen LogP contribution >= 0.6 is 24.8 Å². The molecule has 0 bridgehead atoms. The molecule has 19 heavy (non-hydrogen) atoms. The highest BCUT2D eigenvalue weighted by Gasteiger charge is 2.15. The molecule has 0 amide bonds. The van der Waals surface area contributed by atoms with Gasteiger partial charge in [0.2, 0.25) is 0 Å². The van der Waals surface area contributed by atoms with Gasteiger partial charge in [-0.05, 0) is 11.6 Å². The Kier molecular flexibility index (Phi) is 8.76. The lowest BCUT2D eigenvalue weighted by atomic mass is 10.1. The van der Waals surface area contributed by atoms with Gasteiger partial charge in [-0.1, -0.05) is 18.2 Å². The predicted octanol–water partition coefficient (Wildman–Crippen LogP) is 1.72. The highest BCUT2D eigenvalue weighted by atomic mass is 35.5. The summed E-state index contributed by atoms with van der Waals surface area (Å²) in [4.78, 5) is 14.0. The zero-order valence-electron chi connectivity index (χ0n) is 10.9. The van der Waals surface area contributed by atoms with Crippen LogP contribution in [0.1, 0.15) is 15.9 Å². The van der Waals surface area contributed by atoms with Crippen LogP contribution < -0.4 is 5.32 Å². The number of nitrogens with zero attached hydrogens (tertiary/aromatic N) is 1. The lowest BCUT2D eigenvalue weighted by molar-refractivity contribution is 0.0598. The fraction of sp³-hybridized carbons (Fsp3) is 0.462. The molecule has 0 spiro atoms. The lowest BCUT2D eigenvalue weighted by Crippen LogP contribution is -2.43. The van der Waals surface area contributed by atoms with Gasteiger partial charge in [0.05, 0.1) is 12.7 Å². The maximum Gasteiger partial charge on any atom is 0.338 e. The number of carbonyl (C=O) groups excluding carboxylic acids is 1. The predicted molar refractivity (Wildman–Crippen MR) is 80.4 cm³/mol. The highest BCUT2D eigenvalue weighted by Crippen LogP contribution is 2.13. The van der Waals surface area contributed by atoms with E-state index in [-0.39, 0.29) is 30.8 Å². The first kappa shape index (κ1) is 18.2. The van der Waals surface area contributed by atoms with Gasteiger partial charge in [-0.25, -0.2) is 4.79 Å². The molecule has 0 radical (unpaired) electrons. The van der Waals surface area contributed by atoms with Crippen molar-refractivity contribution in [1.29, 1.82) is 0 Å². The van der Waals surface area contributed by atoms with Crippen molar-refractivity contribution in [3.8, 4) is 0 Å². The standard InChI is InChI=1S/C13H18N2O2.2ClH/c1-17-13(16)12-5-3-2-4-11(12)10-15-8-6-14-7-9-15;;/h2-5,14H,6-10H2,1H3;2*1H. The van der Waals surface area contributed by atoms with E-state index in [0.29, 0.717) is 5.56 Å². The van der Waals surface area contributed by atoms with Gasteiger partial charge in [-0.3, -0.25) is 4.90 Å². The van der Waals surface area contributed by atoms with Crippen molar-refractivity contribution in [2.45, 2.75) is 6.54 Å². The van der Waals surface area contributed by atoms with Crippen molar-refractivity contribution in [1.82, 2.24) is 10.2 Å². The van der Waals surface area contributed by atoms with Crippen molar-refractivity contribution in [3.05, 3.63) is 35.4 Å². The number of piperazine rings is 1. The lowest BCUT2D eigenvalue weighted by Gasteiger charge is -2.27. The Hall–Kier alpha value is -0.810. The van der Waals surface area contributed by atoms with Crippen LogP contribution in [-0.4, -0.2) is 44.2 Å². The summed E-state index contributed by atoms with van der Waals surface area (Å²) in [6, 6.07) is 7.65. The third-order valence-corrected chi connectivity index (χ3v) is 3.03. The molecule has 0 unspecified atom stereocenters. The van der Waals surface area contributed by atoms with Crippen LogP contribution in [0.2, 0.25) is 0 Å². The summed E-state index contributed by atoms with van der Waals surface area (Å²) in [7, 11) is 1.42. The van der Waals surface area contributed by atoms with E-state index in [9.17, 15) is 4.79 Å². The number of methoxy groups -OCH3 is 1. The van der Waals surface area contributed by atoms with Crippen LogP contribution in [0.15, 0.2) is 24.3 Å². The molecule has 6 heteroatoms. The summed E-state index contributed by atoms with van der Waals surface area (Å²) in [5.41, 5.74) is 1.72. The molecular formula is C13H20Cl2N2O2. The topological polar surface area (TPSA) is 41.6 Å². The fourth-order valence-corrected chi connectivity index (χ4v) is 2.08. The minimum absolute atomic E-state index is 0. The first-order valence-corrected chi connectivity index (χ1v) is 5.90. The number of hydrogen-bond acceptors (Lipinski definition) is 4. The van der Waals surface area contributed by atoms with Crippen molar-refractivity contribution < 1.29 is 9.53 Å². The number of nitrogens with one attached hydrogen (secondary N) is 1. The molecule has 1 aromatic carbocycles. The van der Waals surface area contributed by atoms with Crippen LogP contribution in [0.5, 0.6) is 0 Å². The molecule has 1 heterocycles. The van der Waals surface area contributed by atoms with Gasteiger partial charge >= 0.3 is 5.97 Å². The molecule has 0 aliphatic carbocycles. The number of halogens is 2. The Morgan fingerprint density at radius 3 is 2.53 bits per heavy atom. The second-order valence-corrected chi connectivity index (χ2v) is 4.17. The van der Waals surface area contributed by atoms with Gasteiger partial charge in [0, 0.05) is 32.7 Å². The van der Waals surface area contributed by atoms with E-state index in [4.69, 9.17) is 4.74 Å². The van der Waals surface area contributed by atoms with E-state index in [1.54, 1.807) is 0 Å². The van der Waals surface area contributed by atoms with Gasteiger partial charge in [0.1, 0.15) is 0 Å². The number of hydrogen-bond donors (Lipinski definition) is 1. The molecular weight excluding hydrogens is 287 g/mol. The van der Waals surface area contributed by atoms with E-state index in [1.165, 1.54) is 7.11 Å². The summed E-state index contributed by atoms with van der Waals surface area (Å²) in [6.07, 6.45) is 0. The summed E-state index contributed by atoms with van der Waals surface area (Å²) >= 11 is 0. The first-order valence-electron chi connectivity index (χ1n) is 5.90. The summed E-state index contributed by atoms with van der Waals surface area (Å²) in [5.74, 6) is -0.254. The normalized spacial score (nSPS) is 15.0. The Morgan fingerprint density at radius 2 is 1.89 bits per heavy atom. The Morgan fingerprint density at radius 1 is 1.26 bits per heavy atom. The van der Waals surface area contributed by atoms with Gasteiger partial charge in [0.15, 0.2) is 0 Å². The Labute approximate surface area is 126 Å². The van der Waals surface area contributed by atoms with Crippen molar-refractivity contribution >= 4 is 30.8 Å². The van der Waals surface area contributed by atoms with E-state index in [2.05, 4.69) is 10.2 Å². The third kappa shape index (κ3) is 4.99. The SMILES string of the molecule is COC(=O)c1ccccc1CN1CCNCC1.Cl.Cl. The van der Waals surface area contributed by atoms with Gasteiger partial charge in [-0.2, -0.15) is 0 Å². The minimum Gasteiger partial charge on any atom is -0.465 e. The van der Waals surface area contributed by atoms with Crippen LogP contribution in [-0.2, 0) is 11.3 Å². The van der Waals surface area contributed by atoms with Gasteiger partial charge in [-0.15, -0.1) is 24.8 Å². The van der Waals surface area contributed by atoms with Crippen LogP contribution in [0.25, 0.3) is 0 Å². The number of benzene rings is 1. The van der Waals surface area contributed by atoms with Crippen LogP contribution in [0, 0.1) is 0 Å². The molecule has 1 aliphatic heterocycles. The summed E-state index contributed by atoms with van der Waals surface area (Å²) < 4.78 is 4.80. The van der Waals surface area contributed by atoms with Gasteiger partial charge in [0.25, 0.3) is 0 Å². The largest absolute Gasteiger partial charge is 0.465 e. The molecule has 1 N–H and O–H groups in total. The average molecular weight is 307 g/mol. The number of carbonyl (C=O) groups is 1. The molecule has 1 aliphatic rings. The first-order chi connectivity index (χ1) is 8.31. The number of esters is 1. The number of rotatable bonds is 3. The monoisotopic (exact) mass is 306 g/mol. The van der Waals surface area contributed by atoms with E-state index in [0.717, 1.165) is 38.3 Å². The Bertz CT molecular complexity index is 396. The third-order valence-electron chi connectivity index (χ3n) is 3.03. The molecule has 0 aromatic heterocycles. The minimum atomic E-state index is -0.254. The zero-order valence-corrected chi connectivity index (χ0v) is 12.6. The smallest absolute Gasteiger partial charge is 0.338 e. The highest BCUT2D eigenvalue weighted by molar-refractivity contribution is 5.90. The second-order valence-electron chi connectivity index (χ2n) is 4.17. The van der Waals surface area contributed by atoms with E-state index < -0.39 is 0 Å². The molecule has 1 aromatic rings. The Balaban J connectivity index is 0.00000162. The molecule has 2 rings (SSSR count). The zero-order chi connectivity index (χ0) is 12.1. The molecule has 0 atom stereocenters. The molecule has 1 saturated heterocycles.